The van der Waals surface area contributed by atoms with Crippen LogP contribution in [-0.2, 0) is 4.79 Å². The maximum absolute atomic E-state index is 11.4. The van der Waals surface area contributed by atoms with Crippen LogP contribution in [-0.4, -0.2) is 53.0 Å². The van der Waals surface area contributed by atoms with E-state index >= 15 is 0 Å². The number of hydrogen-bond donors (Lipinski definition) is 1. The zero-order valence-corrected chi connectivity index (χ0v) is 12.3. The van der Waals surface area contributed by atoms with Crippen LogP contribution in [0.25, 0.3) is 10.8 Å². The van der Waals surface area contributed by atoms with Gasteiger partial charge >= 0.3 is 5.97 Å². The molecule has 1 fully saturated rings. The van der Waals surface area contributed by atoms with E-state index in [1.54, 1.807) is 31.3 Å². The van der Waals surface area contributed by atoms with Gasteiger partial charge in [-0.2, -0.15) is 0 Å². The van der Waals surface area contributed by atoms with Crippen molar-refractivity contribution >= 4 is 28.5 Å². The molecule has 0 unspecified atom stereocenters. The number of aromatic nitrogens is 1. The Balaban J connectivity index is 1.91. The van der Waals surface area contributed by atoms with Gasteiger partial charge in [-0.25, -0.2) is 9.78 Å². The summed E-state index contributed by atoms with van der Waals surface area (Å²) in [6, 6.07) is 6.88. The van der Waals surface area contributed by atoms with Crippen LogP contribution < -0.4 is 4.90 Å². The van der Waals surface area contributed by atoms with Gasteiger partial charge in [0.25, 0.3) is 0 Å². The van der Waals surface area contributed by atoms with Crippen molar-refractivity contribution in [3.8, 4) is 0 Å². The molecule has 114 valence electrons. The first-order valence-corrected chi connectivity index (χ1v) is 7.19. The third-order valence-electron chi connectivity index (χ3n) is 4.01. The molecule has 0 bridgehead atoms. The Bertz CT molecular complexity index is 736. The first-order chi connectivity index (χ1) is 10.6. The van der Waals surface area contributed by atoms with Crippen molar-refractivity contribution in [1.82, 2.24) is 9.88 Å². The van der Waals surface area contributed by atoms with Crippen molar-refractivity contribution in [1.29, 1.82) is 0 Å². The van der Waals surface area contributed by atoms with Crippen LogP contribution in [0.15, 0.2) is 30.5 Å². The van der Waals surface area contributed by atoms with Crippen molar-refractivity contribution in [3.63, 3.8) is 0 Å². The van der Waals surface area contributed by atoms with E-state index in [9.17, 15) is 9.59 Å². The molecule has 1 aromatic carbocycles. The van der Waals surface area contributed by atoms with E-state index in [-0.39, 0.29) is 11.5 Å². The van der Waals surface area contributed by atoms with Gasteiger partial charge in [0.2, 0.25) is 5.91 Å². The minimum atomic E-state index is -0.935. The van der Waals surface area contributed by atoms with Crippen LogP contribution in [0, 0.1) is 0 Å². The van der Waals surface area contributed by atoms with E-state index in [4.69, 9.17) is 5.11 Å². The highest BCUT2D eigenvalue weighted by molar-refractivity contribution is 5.98. The molecule has 22 heavy (non-hydrogen) atoms. The molecule has 0 atom stereocenters. The van der Waals surface area contributed by atoms with Gasteiger partial charge in [-0.1, -0.05) is 0 Å². The van der Waals surface area contributed by atoms with E-state index in [2.05, 4.69) is 9.88 Å². The van der Waals surface area contributed by atoms with Crippen LogP contribution >= 0.6 is 0 Å². The Morgan fingerprint density at radius 1 is 1.14 bits per heavy atom. The van der Waals surface area contributed by atoms with Gasteiger partial charge < -0.3 is 14.9 Å². The van der Waals surface area contributed by atoms with Crippen LogP contribution in [0.5, 0.6) is 0 Å². The summed E-state index contributed by atoms with van der Waals surface area (Å²) in [4.78, 5) is 30.9. The Kier molecular flexibility index (Phi) is 3.66. The van der Waals surface area contributed by atoms with Gasteiger partial charge in [-0.05, 0) is 29.7 Å². The molecule has 1 aromatic heterocycles. The molecule has 1 amide bonds. The number of carboxylic acids is 1. The van der Waals surface area contributed by atoms with Crippen molar-refractivity contribution in [2.75, 3.05) is 31.1 Å². The second-order valence-corrected chi connectivity index (χ2v) is 5.37. The quantitative estimate of drug-likeness (QED) is 0.912. The predicted octanol–water partition coefficient (Wildman–Crippen LogP) is 1.60. The summed E-state index contributed by atoms with van der Waals surface area (Å²) in [6.07, 6.45) is 1.70. The molecule has 0 saturated carbocycles. The third kappa shape index (κ3) is 2.59. The number of rotatable bonds is 2. The molecular weight excluding hydrogens is 282 g/mol. The number of amides is 1. The predicted molar refractivity (Wildman–Crippen MR) is 83.2 cm³/mol. The van der Waals surface area contributed by atoms with E-state index < -0.39 is 5.97 Å². The first kappa shape index (κ1) is 14.3. The molecule has 1 N–H and O–H groups in total. The Morgan fingerprint density at radius 3 is 2.50 bits per heavy atom. The summed E-state index contributed by atoms with van der Waals surface area (Å²) in [5, 5.41) is 10.9. The number of aromatic carboxylic acids is 1. The lowest BCUT2D eigenvalue weighted by Gasteiger charge is -2.35. The molecule has 6 nitrogen and oxygen atoms in total. The van der Waals surface area contributed by atoms with Crippen LogP contribution in [0.4, 0.5) is 5.82 Å². The first-order valence-electron chi connectivity index (χ1n) is 7.19. The van der Waals surface area contributed by atoms with Crippen LogP contribution in [0.2, 0.25) is 0 Å². The monoisotopic (exact) mass is 299 g/mol. The topological polar surface area (TPSA) is 73.7 Å². The second-order valence-electron chi connectivity index (χ2n) is 5.37. The van der Waals surface area contributed by atoms with Crippen molar-refractivity contribution < 1.29 is 14.7 Å². The number of carbonyl (C=O) groups excluding carboxylic acids is 1. The molecule has 6 heteroatoms. The smallest absolute Gasteiger partial charge is 0.335 e. The summed E-state index contributed by atoms with van der Waals surface area (Å²) in [5.74, 6) is 0.00426. The van der Waals surface area contributed by atoms with Gasteiger partial charge in [-0.15, -0.1) is 0 Å². The average Bonchev–Trinajstić information content (AvgIpc) is 2.53. The summed E-state index contributed by atoms with van der Waals surface area (Å²) in [6.45, 7) is 4.40. The number of hydrogen-bond acceptors (Lipinski definition) is 4. The van der Waals surface area contributed by atoms with Crippen molar-refractivity contribution in [2.24, 2.45) is 0 Å². The van der Waals surface area contributed by atoms with Gasteiger partial charge in [0.15, 0.2) is 0 Å². The van der Waals surface area contributed by atoms with Crippen LogP contribution in [0.3, 0.4) is 0 Å². The van der Waals surface area contributed by atoms with Crippen LogP contribution in [0.1, 0.15) is 17.3 Å². The summed E-state index contributed by atoms with van der Waals surface area (Å²) in [7, 11) is 0. The number of nitrogens with zero attached hydrogens (tertiary/aromatic N) is 3. The highest BCUT2D eigenvalue weighted by Gasteiger charge is 2.21. The standard InChI is InChI=1S/C16H17N3O3/c1-11(20)18-6-8-19(9-7-18)15-14-3-2-13(16(21)22)10-12(14)4-5-17-15/h2-5,10H,6-9H2,1H3,(H,21,22). The third-order valence-corrected chi connectivity index (χ3v) is 4.01. The maximum atomic E-state index is 11.4. The number of piperazine rings is 1. The minimum Gasteiger partial charge on any atom is -0.478 e. The summed E-state index contributed by atoms with van der Waals surface area (Å²) >= 11 is 0. The van der Waals surface area contributed by atoms with E-state index in [1.807, 2.05) is 11.0 Å². The molecule has 0 aliphatic carbocycles. The molecule has 0 spiro atoms. The molecule has 2 aromatic rings. The maximum Gasteiger partial charge on any atom is 0.335 e. The van der Waals surface area contributed by atoms with Gasteiger partial charge in [-0.3, -0.25) is 4.79 Å². The molecule has 1 aliphatic heterocycles. The number of carbonyl (C=O) groups is 2. The lowest BCUT2D eigenvalue weighted by Crippen LogP contribution is -2.48. The molecule has 1 aliphatic rings. The average molecular weight is 299 g/mol. The highest BCUT2D eigenvalue weighted by Crippen LogP contribution is 2.26. The Hall–Kier alpha value is -2.63. The zero-order chi connectivity index (χ0) is 15.7. The second kappa shape index (κ2) is 5.63. The van der Waals surface area contributed by atoms with E-state index in [0.717, 1.165) is 29.7 Å². The number of fused-ring (bicyclic) bond motifs is 1. The Labute approximate surface area is 128 Å². The number of carboxylic acid groups (broad SMARTS) is 1. The molecule has 2 heterocycles. The fourth-order valence-electron chi connectivity index (χ4n) is 2.78. The van der Waals surface area contributed by atoms with Gasteiger partial charge in [0.1, 0.15) is 5.82 Å². The van der Waals surface area contributed by atoms with Gasteiger partial charge in [0.05, 0.1) is 5.56 Å². The zero-order valence-electron chi connectivity index (χ0n) is 12.3. The van der Waals surface area contributed by atoms with E-state index in [0.29, 0.717) is 13.1 Å². The SMILES string of the molecule is CC(=O)N1CCN(c2nccc3cc(C(=O)O)ccc23)CC1. The molecule has 3 rings (SSSR count). The number of anilines is 1. The number of benzene rings is 1. The molecule has 0 radical (unpaired) electrons. The lowest BCUT2D eigenvalue weighted by atomic mass is 10.1. The lowest BCUT2D eigenvalue weighted by molar-refractivity contribution is -0.129. The summed E-state index contributed by atoms with van der Waals surface area (Å²) < 4.78 is 0. The fraction of sp³-hybridized carbons (Fsp3) is 0.312. The highest BCUT2D eigenvalue weighted by atomic mass is 16.4. The summed E-state index contributed by atoms with van der Waals surface area (Å²) in [5.41, 5.74) is 0.269. The normalized spacial score (nSPS) is 15.1. The van der Waals surface area contributed by atoms with Crippen molar-refractivity contribution in [2.45, 2.75) is 6.92 Å². The molecular formula is C16H17N3O3. The number of pyridine rings is 1. The van der Waals surface area contributed by atoms with Crippen molar-refractivity contribution in [3.05, 3.63) is 36.0 Å². The largest absolute Gasteiger partial charge is 0.478 e. The van der Waals surface area contributed by atoms with E-state index in [1.165, 1.54) is 0 Å². The minimum absolute atomic E-state index is 0.0941. The van der Waals surface area contributed by atoms with Gasteiger partial charge in [0, 0.05) is 44.7 Å². The Morgan fingerprint density at radius 2 is 1.86 bits per heavy atom. The molecule has 1 saturated heterocycles. The fourth-order valence-corrected chi connectivity index (χ4v) is 2.78.